The maximum absolute atomic E-state index is 3.22. The molecule has 0 aliphatic carbocycles. The number of rotatable bonds is 3. The molecule has 66 valence electrons. The van der Waals surface area contributed by atoms with Crippen LogP contribution >= 0.6 is 19.8 Å². The van der Waals surface area contributed by atoms with Gasteiger partial charge in [0.2, 0.25) is 0 Å². The van der Waals surface area contributed by atoms with Crippen molar-refractivity contribution in [2.45, 2.75) is 19.8 Å². The van der Waals surface area contributed by atoms with Crippen LogP contribution in [0.15, 0.2) is 36.4 Å². The van der Waals surface area contributed by atoms with Gasteiger partial charge in [-0.05, 0) is 6.42 Å². The average Bonchev–Trinajstić information content (AvgIpc) is 2.23. The molecule has 0 spiro atoms. The summed E-state index contributed by atoms with van der Waals surface area (Å²) >= 11 is 3.62. The predicted octanol–water partition coefficient (Wildman–Crippen LogP) is 4.08. The molecule has 1 aromatic carbocycles. The van der Waals surface area contributed by atoms with E-state index in [4.69, 9.17) is 0 Å². The molecule has 0 saturated carbocycles. The molecular weight excluding hydrogens is 324 g/mol. The van der Waals surface area contributed by atoms with Crippen LogP contribution in [0, 0.1) is 6.08 Å². The fraction of sp³-hybridized carbons (Fsp3) is 0.273. The first-order chi connectivity index (χ1) is 6.43. The van der Waals surface area contributed by atoms with Crippen LogP contribution in [0.1, 0.15) is 25.3 Å². The minimum atomic E-state index is 1.12. The Morgan fingerprint density at radius 1 is 1.31 bits per heavy atom. The standard InChI is InChI=1S/C11H13.HI.Zn/c1-2-3-5-8-11-9-6-4-7-10-11;;/h4-7,9-10H,2-3H2,1H3;1H;/q-1;;+2/p-1. The first-order valence-electron chi connectivity index (χ1n) is 4.33. The van der Waals surface area contributed by atoms with Crippen LogP contribution in [0.3, 0.4) is 0 Å². The van der Waals surface area contributed by atoms with Gasteiger partial charge in [0.1, 0.15) is 0 Å². The summed E-state index contributed by atoms with van der Waals surface area (Å²) in [6.07, 6.45) is 7.63. The van der Waals surface area contributed by atoms with E-state index in [-0.39, 0.29) is 0 Å². The van der Waals surface area contributed by atoms with Gasteiger partial charge in [-0.2, -0.15) is 23.8 Å². The fourth-order valence-electron chi connectivity index (χ4n) is 0.869. The maximum atomic E-state index is 3.22. The Kier molecular flexibility index (Phi) is 10.6. The molecule has 0 bridgehead atoms. The number of hydrogen-bond acceptors (Lipinski definition) is 0. The molecule has 0 nitrogen and oxygen atoms in total. The molecule has 0 fully saturated rings. The van der Waals surface area contributed by atoms with E-state index in [0.717, 1.165) is 6.42 Å². The Hall–Kier alpha value is 0.313. The quantitative estimate of drug-likeness (QED) is 0.443. The van der Waals surface area contributed by atoms with E-state index >= 15 is 0 Å². The zero-order chi connectivity index (χ0) is 9.94. The third-order valence-corrected chi connectivity index (χ3v) is 1.48. The molecule has 0 amide bonds. The molecular formula is C11H13IZn. The van der Waals surface area contributed by atoms with Crippen molar-refractivity contribution >= 4 is 19.8 Å². The zero-order valence-corrected chi connectivity index (χ0v) is 13.1. The van der Waals surface area contributed by atoms with Crippen molar-refractivity contribution in [3.8, 4) is 0 Å². The molecule has 0 heterocycles. The van der Waals surface area contributed by atoms with Gasteiger partial charge in [0.15, 0.2) is 0 Å². The molecule has 0 aliphatic rings. The van der Waals surface area contributed by atoms with Gasteiger partial charge in [-0.3, -0.25) is 0 Å². The topological polar surface area (TPSA) is 0 Å². The van der Waals surface area contributed by atoms with Crippen LogP contribution in [-0.4, -0.2) is 0 Å². The van der Waals surface area contributed by atoms with Crippen LogP contribution < -0.4 is 0 Å². The zero-order valence-electron chi connectivity index (χ0n) is 7.96. The summed E-state index contributed by atoms with van der Waals surface area (Å²) in [5, 5.41) is 0. The minimum absolute atomic E-state index is 1.12. The van der Waals surface area contributed by atoms with Gasteiger partial charge >= 0.3 is 34.5 Å². The summed E-state index contributed by atoms with van der Waals surface area (Å²) in [6, 6.07) is 10.2. The molecule has 13 heavy (non-hydrogen) atoms. The summed E-state index contributed by atoms with van der Waals surface area (Å²) in [5.74, 6) is 0. The monoisotopic (exact) mass is 336 g/mol. The Morgan fingerprint density at radius 3 is 2.46 bits per heavy atom. The van der Waals surface area contributed by atoms with Crippen molar-refractivity contribution < 1.29 is 14.8 Å². The van der Waals surface area contributed by atoms with Crippen molar-refractivity contribution in [1.82, 2.24) is 0 Å². The van der Waals surface area contributed by atoms with Crippen molar-refractivity contribution in [1.29, 1.82) is 0 Å². The second-order valence-corrected chi connectivity index (χ2v) is 2.50. The average molecular weight is 338 g/mol. The molecule has 0 N–H and O–H groups in total. The number of allylic oxidation sites excluding steroid dienone is 1. The Bertz CT molecular complexity index is 219. The van der Waals surface area contributed by atoms with E-state index in [1.54, 1.807) is 0 Å². The van der Waals surface area contributed by atoms with E-state index in [0.29, 0.717) is 0 Å². The second kappa shape index (κ2) is 10.4. The summed E-state index contributed by atoms with van der Waals surface area (Å²) in [5.41, 5.74) is 1.17. The van der Waals surface area contributed by atoms with E-state index in [9.17, 15) is 0 Å². The van der Waals surface area contributed by atoms with E-state index in [2.05, 4.69) is 51.0 Å². The SMILES string of the molecule is CCCC=[C-]c1ccccc1.[Zn+][I]. The molecule has 0 radical (unpaired) electrons. The van der Waals surface area contributed by atoms with Gasteiger partial charge in [-0.25, -0.2) is 0 Å². The van der Waals surface area contributed by atoms with Gasteiger partial charge in [-0.1, -0.05) is 19.4 Å². The molecule has 1 aromatic rings. The van der Waals surface area contributed by atoms with Crippen molar-refractivity contribution in [2.75, 3.05) is 0 Å². The normalized spacial score (nSPS) is 9.54. The summed E-state index contributed by atoms with van der Waals surface area (Å²) < 4.78 is 0. The van der Waals surface area contributed by atoms with E-state index in [1.807, 2.05) is 18.2 Å². The van der Waals surface area contributed by atoms with Gasteiger partial charge in [0, 0.05) is 0 Å². The summed E-state index contributed by atoms with van der Waals surface area (Å²) in [4.78, 5) is 0. The third-order valence-electron chi connectivity index (χ3n) is 1.48. The summed E-state index contributed by atoms with van der Waals surface area (Å²) in [7, 11) is 0. The van der Waals surface area contributed by atoms with Crippen LogP contribution in [0.5, 0.6) is 0 Å². The molecule has 0 aliphatic heterocycles. The number of benzene rings is 1. The molecule has 0 saturated heterocycles. The van der Waals surface area contributed by atoms with Crippen molar-refractivity contribution in [3.05, 3.63) is 48.0 Å². The molecule has 2 heteroatoms. The number of unbranched alkanes of at least 4 members (excludes halogenated alkanes) is 1. The molecule has 0 aromatic heterocycles. The Labute approximate surface area is 102 Å². The first-order valence-corrected chi connectivity index (χ1v) is 13.4. The van der Waals surface area contributed by atoms with Crippen LogP contribution in [-0.2, 0) is 14.8 Å². The molecule has 0 unspecified atom stereocenters. The van der Waals surface area contributed by atoms with Gasteiger partial charge in [0.25, 0.3) is 0 Å². The first kappa shape index (κ1) is 13.3. The number of halogens is 1. The van der Waals surface area contributed by atoms with E-state index in [1.165, 1.54) is 26.8 Å². The third kappa shape index (κ3) is 7.39. The van der Waals surface area contributed by atoms with Gasteiger partial charge in [0.05, 0.1) is 0 Å². The van der Waals surface area contributed by atoms with E-state index < -0.39 is 0 Å². The Morgan fingerprint density at radius 2 is 1.92 bits per heavy atom. The fourth-order valence-corrected chi connectivity index (χ4v) is 0.869. The molecule has 0 atom stereocenters. The van der Waals surface area contributed by atoms with Crippen LogP contribution in [0.25, 0.3) is 0 Å². The van der Waals surface area contributed by atoms with Crippen molar-refractivity contribution in [3.63, 3.8) is 0 Å². The van der Waals surface area contributed by atoms with Crippen molar-refractivity contribution in [2.24, 2.45) is 0 Å². The number of hydrogen-bond donors (Lipinski definition) is 0. The Balaban J connectivity index is 0.000000671. The second-order valence-electron chi connectivity index (χ2n) is 2.50. The van der Waals surface area contributed by atoms with Gasteiger partial charge in [-0.15, -0.1) is 18.2 Å². The van der Waals surface area contributed by atoms with Crippen LogP contribution in [0.2, 0.25) is 0 Å². The van der Waals surface area contributed by atoms with Crippen LogP contribution in [0.4, 0.5) is 0 Å². The van der Waals surface area contributed by atoms with Gasteiger partial charge < -0.3 is 0 Å². The predicted molar refractivity (Wildman–Crippen MR) is 62.3 cm³/mol. The molecule has 1 rings (SSSR count). The summed E-state index contributed by atoms with van der Waals surface area (Å²) in [6.45, 7) is 2.17.